The fourth-order valence-electron chi connectivity index (χ4n) is 2.29. The molecule has 3 aromatic rings. The molecule has 2 heterocycles. The molecule has 8 heteroatoms. The first-order valence-electron chi connectivity index (χ1n) is 6.43. The summed E-state index contributed by atoms with van der Waals surface area (Å²) < 4.78 is 38.9. The molecular weight excluding hydrogens is 313 g/mol. The molecule has 0 aliphatic rings. The van der Waals surface area contributed by atoms with Crippen molar-refractivity contribution < 1.29 is 23.1 Å². The number of rotatable bonds is 2. The van der Waals surface area contributed by atoms with Gasteiger partial charge in [-0.05, 0) is 36.4 Å². The minimum absolute atomic E-state index is 0.119. The van der Waals surface area contributed by atoms with Gasteiger partial charge in [-0.2, -0.15) is 13.2 Å². The van der Waals surface area contributed by atoms with Gasteiger partial charge in [0.15, 0.2) is 0 Å². The maximum atomic E-state index is 12.6. The van der Waals surface area contributed by atoms with E-state index < -0.39 is 23.3 Å². The van der Waals surface area contributed by atoms with Crippen molar-refractivity contribution in [2.45, 2.75) is 6.18 Å². The molecule has 2 N–H and O–H groups in total. The number of aromatic nitrogens is 2. The molecule has 0 radical (unpaired) electrons. The molecule has 0 atom stereocenters. The Balaban J connectivity index is 2.21. The maximum absolute atomic E-state index is 12.6. The van der Waals surface area contributed by atoms with E-state index in [1.54, 1.807) is 0 Å². The number of fused-ring (bicyclic) bond motifs is 1. The van der Waals surface area contributed by atoms with Gasteiger partial charge in [-0.15, -0.1) is 0 Å². The standard InChI is InChI=1S/C15H9F3N2O3/c16-15(17,18)9-2-4-10(5-3-9)20-12(21)6-1-8-7-11(14(22)23)19-13(8)20/h1-7,19H,(H,22,23). The number of aromatic amines is 1. The second-order valence-electron chi connectivity index (χ2n) is 4.84. The molecule has 0 saturated heterocycles. The van der Waals surface area contributed by atoms with Gasteiger partial charge in [-0.25, -0.2) is 4.79 Å². The Kier molecular flexibility index (Phi) is 3.24. The van der Waals surface area contributed by atoms with Crippen LogP contribution in [0.4, 0.5) is 13.2 Å². The predicted molar refractivity (Wildman–Crippen MR) is 75.9 cm³/mol. The van der Waals surface area contributed by atoms with Crippen LogP contribution in [0.5, 0.6) is 0 Å². The molecule has 0 bridgehead atoms. The van der Waals surface area contributed by atoms with Crippen LogP contribution in [0.25, 0.3) is 16.7 Å². The summed E-state index contributed by atoms with van der Waals surface area (Å²) in [7, 11) is 0. The van der Waals surface area contributed by atoms with Crippen molar-refractivity contribution in [2.75, 3.05) is 0 Å². The molecule has 0 unspecified atom stereocenters. The van der Waals surface area contributed by atoms with Gasteiger partial charge >= 0.3 is 12.1 Å². The molecule has 2 aromatic heterocycles. The van der Waals surface area contributed by atoms with E-state index in [9.17, 15) is 22.8 Å². The zero-order chi connectivity index (χ0) is 16.8. The molecule has 0 aliphatic heterocycles. The zero-order valence-corrected chi connectivity index (χ0v) is 11.4. The van der Waals surface area contributed by atoms with Crippen LogP contribution in [0.3, 0.4) is 0 Å². The third kappa shape index (κ3) is 2.59. The van der Waals surface area contributed by atoms with E-state index in [0.717, 1.165) is 28.8 Å². The monoisotopic (exact) mass is 322 g/mol. The average molecular weight is 322 g/mol. The molecular formula is C15H9F3N2O3. The molecule has 118 valence electrons. The summed E-state index contributed by atoms with van der Waals surface area (Å²) in [4.78, 5) is 25.7. The lowest BCUT2D eigenvalue weighted by molar-refractivity contribution is -0.137. The van der Waals surface area contributed by atoms with Crippen molar-refractivity contribution in [1.82, 2.24) is 9.55 Å². The van der Waals surface area contributed by atoms with Gasteiger partial charge in [-0.1, -0.05) is 0 Å². The van der Waals surface area contributed by atoms with E-state index in [1.807, 2.05) is 0 Å². The van der Waals surface area contributed by atoms with Crippen molar-refractivity contribution in [1.29, 1.82) is 0 Å². The summed E-state index contributed by atoms with van der Waals surface area (Å²) in [5.41, 5.74) is -1.04. The summed E-state index contributed by atoms with van der Waals surface area (Å²) in [6, 6.07) is 8.05. The lowest BCUT2D eigenvalue weighted by Crippen LogP contribution is -2.17. The zero-order valence-electron chi connectivity index (χ0n) is 11.4. The Bertz CT molecular complexity index is 953. The number of carboxylic acids is 1. The van der Waals surface area contributed by atoms with Crippen molar-refractivity contribution in [3.05, 3.63) is 64.1 Å². The largest absolute Gasteiger partial charge is 0.477 e. The summed E-state index contributed by atoms with van der Waals surface area (Å²) in [5, 5.41) is 9.46. The molecule has 1 aromatic carbocycles. The van der Waals surface area contributed by atoms with Crippen LogP contribution in [0, 0.1) is 0 Å². The number of aromatic carboxylic acids is 1. The molecule has 5 nitrogen and oxygen atoms in total. The van der Waals surface area contributed by atoms with E-state index >= 15 is 0 Å². The molecule has 0 aliphatic carbocycles. The Morgan fingerprint density at radius 2 is 1.74 bits per heavy atom. The van der Waals surface area contributed by atoms with Crippen LogP contribution in [0.1, 0.15) is 16.1 Å². The van der Waals surface area contributed by atoms with E-state index in [0.29, 0.717) is 5.39 Å². The van der Waals surface area contributed by atoms with Crippen LogP contribution >= 0.6 is 0 Å². The molecule has 0 fully saturated rings. The first-order chi connectivity index (χ1) is 10.8. The van der Waals surface area contributed by atoms with Crippen molar-refractivity contribution in [2.24, 2.45) is 0 Å². The number of nitrogens with one attached hydrogen (secondary N) is 1. The second kappa shape index (κ2) is 5.01. The molecule has 0 amide bonds. The second-order valence-corrected chi connectivity index (χ2v) is 4.84. The summed E-state index contributed by atoms with van der Waals surface area (Å²) in [5.74, 6) is -1.20. The Morgan fingerprint density at radius 1 is 1.09 bits per heavy atom. The topological polar surface area (TPSA) is 75.1 Å². The predicted octanol–water partition coefficient (Wildman–Crippen LogP) is 3.04. The quantitative estimate of drug-likeness (QED) is 0.761. The fourth-order valence-corrected chi connectivity index (χ4v) is 2.29. The summed E-state index contributed by atoms with van der Waals surface area (Å²) in [6.07, 6.45) is -4.47. The molecule has 23 heavy (non-hydrogen) atoms. The number of pyridine rings is 1. The first-order valence-corrected chi connectivity index (χ1v) is 6.43. The highest BCUT2D eigenvalue weighted by molar-refractivity contribution is 5.93. The van der Waals surface area contributed by atoms with Gasteiger partial charge in [0.25, 0.3) is 5.56 Å². The molecule has 3 rings (SSSR count). The summed E-state index contributed by atoms with van der Waals surface area (Å²) >= 11 is 0. The van der Waals surface area contributed by atoms with Gasteiger partial charge in [0.2, 0.25) is 0 Å². The number of halogens is 3. The van der Waals surface area contributed by atoms with E-state index in [4.69, 9.17) is 5.11 Å². The van der Waals surface area contributed by atoms with Crippen LogP contribution in [0.2, 0.25) is 0 Å². The Morgan fingerprint density at radius 3 is 2.30 bits per heavy atom. The molecule has 0 spiro atoms. The Hall–Kier alpha value is -3.03. The summed E-state index contributed by atoms with van der Waals surface area (Å²) in [6.45, 7) is 0. The highest BCUT2D eigenvalue weighted by atomic mass is 19.4. The minimum atomic E-state index is -4.47. The number of hydrogen-bond acceptors (Lipinski definition) is 2. The smallest absolute Gasteiger partial charge is 0.416 e. The Labute approximate surface area is 126 Å². The third-order valence-electron chi connectivity index (χ3n) is 3.36. The van der Waals surface area contributed by atoms with Gasteiger partial charge < -0.3 is 10.1 Å². The van der Waals surface area contributed by atoms with Gasteiger partial charge in [0.05, 0.1) is 11.3 Å². The number of H-pyrrole nitrogens is 1. The van der Waals surface area contributed by atoms with Gasteiger partial charge in [0.1, 0.15) is 11.3 Å². The van der Waals surface area contributed by atoms with E-state index in [-0.39, 0.29) is 17.0 Å². The van der Waals surface area contributed by atoms with E-state index in [1.165, 1.54) is 18.2 Å². The lowest BCUT2D eigenvalue weighted by Gasteiger charge is -2.10. The van der Waals surface area contributed by atoms with Crippen molar-refractivity contribution in [3.8, 4) is 5.69 Å². The highest BCUT2D eigenvalue weighted by Gasteiger charge is 2.30. The van der Waals surface area contributed by atoms with Gasteiger partial charge in [-0.3, -0.25) is 9.36 Å². The number of benzene rings is 1. The third-order valence-corrected chi connectivity index (χ3v) is 3.36. The van der Waals surface area contributed by atoms with Crippen LogP contribution in [0.15, 0.2) is 47.3 Å². The number of carboxylic acid groups (broad SMARTS) is 1. The normalized spacial score (nSPS) is 11.8. The average Bonchev–Trinajstić information content (AvgIpc) is 2.90. The van der Waals surface area contributed by atoms with E-state index in [2.05, 4.69) is 4.98 Å². The molecule has 0 saturated carbocycles. The number of alkyl halides is 3. The number of carbonyl (C=O) groups is 1. The lowest BCUT2D eigenvalue weighted by atomic mass is 10.2. The van der Waals surface area contributed by atoms with Crippen LogP contribution in [-0.2, 0) is 6.18 Å². The first kappa shape index (κ1) is 14.9. The fraction of sp³-hybridized carbons (Fsp3) is 0.0667. The van der Waals surface area contributed by atoms with Crippen molar-refractivity contribution >= 4 is 17.0 Å². The SMILES string of the molecule is O=C(O)c1cc2ccc(=O)n(-c3ccc(C(F)(F)F)cc3)c2[nH]1. The van der Waals surface area contributed by atoms with Crippen LogP contribution in [-0.4, -0.2) is 20.6 Å². The number of nitrogens with zero attached hydrogens (tertiary/aromatic N) is 1. The van der Waals surface area contributed by atoms with Crippen LogP contribution < -0.4 is 5.56 Å². The van der Waals surface area contributed by atoms with Crippen molar-refractivity contribution in [3.63, 3.8) is 0 Å². The highest BCUT2D eigenvalue weighted by Crippen LogP contribution is 2.29. The maximum Gasteiger partial charge on any atom is 0.416 e. The van der Waals surface area contributed by atoms with Gasteiger partial charge in [0, 0.05) is 11.5 Å². The number of hydrogen-bond donors (Lipinski definition) is 2. The minimum Gasteiger partial charge on any atom is -0.477 e.